The molecule has 0 radical (unpaired) electrons. The van der Waals surface area contributed by atoms with Crippen molar-refractivity contribution in [3.8, 4) is 0 Å². The molecule has 158 valence electrons. The summed E-state index contributed by atoms with van der Waals surface area (Å²) in [7, 11) is 0. The molecule has 4 nitrogen and oxygen atoms in total. The molecule has 0 aromatic heterocycles. The van der Waals surface area contributed by atoms with Gasteiger partial charge in [0.1, 0.15) is 0 Å². The van der Waals surface area contributed by atoms with E-state index in [9.17, 15) is 4.79 Å². The molecule has 2 saturated heterocycles. The average molecular weight is 398 g/mol. The first-order chi connectivity index (χ1) is 14.0. The van der Waals surface area contributed by atoms with Gasteiger partial charge in [-0.1, -0.05) is 30.5 Å². The van der Waals surface area contributed by atoms with Crippen molar-refractivity contribution in [1.29, 1.82) is 0 Å². The predicted molar refractivity (Wildman–Crippen MR) is 115 cm³/mol. The van der Waals surface area contributed by atoms with Gasteiger partial charge in [0.05, 0.1) is 19.6 Å². The van der Waals surface area contributed by atoms with E-state index in [0.29, 0.717) is 18.3 Å². The van der Waals surface area contributed by atoms with Crippen molar-refractivity contribution in [2.24, 2.45) is 17.8 Å². The van der Waals surface area contributed by atoms with Crippen LogP contribution in [0, 0.1) is 38.0 Å². The highest BCUT2D eigenvalue weighted by atomic mass is 16.6. The number of epoxide rings is 1. The van der Waals surface area contributed by atoms with Gasteiger partial charge in [0, 0.05) is 18.5 Å². The number of benzene rings is 1. The molecular formula is C25H35NO3. The second kappa shape index (κ2) is 8.69. The zero-order valence-electron chi connectivity index (χ0n) is 17.9. The molecule has 6 atom stereocenters. The van der Waals surface area contributed by atoms with E-state index in [1.165, 1.54) is 31.2 Å². The monoisotopic (exact) mass is 397 g/mol. The number of amides is 1. The lowest BCUT2D eigenvalue weighted by molar-refractivity contribution is -0.116. The number of ether oxygens (including phenoxy) is 2. The van der Waals surface area contributed by atoms with Gasteiger partial charge in [0.25, 0.3) is 0 Å². The minimum absolute atomic E-state index is 0.0635. The van der Waals surface area contributed by atoms with E-state index < -0.39 is 0 Å². The van der Waals surface area contributed by atoms with Crippen molar-refractivity contribution in [3.05, 3.63) is 43.2 Å². The molecule has 1 aromatic carbocycles. The summed E-state index contributed by atoms with van der Waals surface area (Å²) in [5.74, 6) is 1.85. The van der Waals surface area contributed by atoms with Gasteiger partial charge in [-0.3, -0.25) is 11.2 Å². The highest BCUT2D eigenvalue weighted by Crippen LogP contribution is 2.56. The molecule has 4 heteroatoms. The molecule has 0 bridgehead atoms. The maximum absolute atomic E-state index is 12.4. The van der Waals surface area contributed by atoms with Crippen molar-refractivity contribution in [2.45, 2.75) is 76.6 Å². The number of carbonyl (C=O) groups is 1. The van der Waals surface area contributed by atoms with Crippen LogP contribution < -0.4 is 5.32 Å². The number of hydrogen-bond acceptors (Lipinski definition) is 3. The number of anilines is 1. The Morgan fingerprint density at radius 1 is 1.24 bits per heavy atom. The molecular weight excluding hydrogens is 362 g/mol. The van der Waals surface area contributed by atoms with Crippen LogP contribution in [0.15, 0.2) is 24.3 Å². The minimum Gasteiger partial charge on any atom is -0.401 e. The van der Waals surface area contributed by atoms with Crippen LogP contribution in [0.2, 0.25) is 0 Å². The van der Waals surface area contributed by atoms with Gasteiger partial charge in [-0.05, 0) is 61.7 Å². The summed E-state index contributed by atoms with van der Waals surface area (Å²) >= 11 is 0. The quantitative estimate of drug-likeness (QED) is 0.535. The Bertz CT molecular complexity index is 703. The van der Waals surface area contributed by atoms with Gasteiger partial charge in [0.15, 0.2) is 6.10 Å². The molecule has 3 aliphatic rings. The summed E-state index contributed by atoms with van der Waals surface area (Å²) < 4.78 is 12.4. The van der Waals surface area contributed by atoms with Crippen LogP contribution in [0.25, 0.3) is 0 Å². The van der Waals surface area contributed by atoms with E-state index >= 15 is 0 Å². The van der Waals surface area contributed by atoms with E-state index in [2.05, 4.69) is 25.6 Å². The maximum atomic E-state index is 12.4. The molecule has 6 unspecified atom stereocenters. The van der Waals surface area contributed by atoms with Gasteiger partial charge >= 0.3 is 0 Å². The van der Waals surface area contributed by atoms with Gasteiger partial charge in [0.2, 0.25) is 5.91 Å². The lowest BCUT2D eigenvalue weighted by atomic mass is 9.64. The number of hydrogen-bond donors (Lipinski definition) is 1. The van der Waals surface area contributed by atoms with Crippen LogP contribution >= 0.6 is 0 Å². The predicted octanol–water partition coefficient (Wildman–Crippen LogP) is 5.12. The molecule has 2 aliphatic heterocycles. The lowest BCUT2D eigenvalue weighted by Gasteiger charge is -2.43. The van der Waals surface area contributed by atoms with Crippen molar-refractivity contribution < 1.29 is 14.3 Å². The summed E-state index contributed by atoms with van der Waals surface area (Å²) in [6.45, 7) is 9.11. The third kappa shape index (κ3) is 4.49. The van der Waals surface area contributed by atoms with Gasteiger partial charge < -0.3 is 14.8 Å². The molecule has 3 fully saturated rings. The van der Waals surface area contributed by atoms with Crippen LogP contribution in [0.3, 0.4) is 0 Å². The first kappa shape index (κ1) is 20.7. The van der Waals surface area contributed by atoms with Gasteiger partial charge in [-0.2, -0.15) is 6.92 Å². The highest BCUT2D eigenvalue weighted by molar-refractivity contribution is 5.90. The van der Waals surface area contributed by atoms with E-state index in [1.807, 2.05) is 31.2 Å². The third-order valence-corrected chi connectivity index (χ3v) is 7.39. The van der Waals surface area contributed by atoms with E-state index in [0.717, 1.165) is 31.1 Å². The average Bonchev–Trinajstić information content (AvgIpc) is 3.48. The van der Waals surface area contributed by atoms with Crippen LogP contribution in [0.4, 0.5) is 5.69 Å². The largest absolute Gasteiger partial charge is 0.401 e. The number of fused-ring (bicyclic) bond motifs is 1. The highest BCUT2D eigenvalue weighted by Gasteiger charge is 2.56. The number of carbonyl (C=O) groups excluding carboxylic acids is 1. The molecule has 1 amide bonds. The summed E-state index contributed by atoms with van der Waals surface area (Å²) in [6.07, 6.45) is 9.87. The van der Waals surface area contributed by atoms with Crippen LogP contribution in [0.1, 0.15) is 57.4 Å². The summed E-state index contributed by atoms with van der Waals surface area (Å²) in [5.41, 5.74) is 1.88. The van der Waals surface area contributed by atoms with Crippen molar-refractivity contribution >= 4 is 11.6 Å². The molecule has 2 heterocycles. The van der Waals surface area contributed by atoms with Crippen molar-refractivity contribution in [3.63, 3.8) is 0 Å². The Morgan fingerprint density at radius 2 is 2.03 bits per heavy atom. The van der Waals surface area contributed by atoms with Crippen molar-refractivity contribution in [1.82, 2.24) is 0 Å². The minimum atomic E-state index is -0.169. The molecule has 1 N–H and O–H groups in total. The van der Waals surface area contributed by atoms with E-state index in [1.54, 1.807) is 0 Å². The molecule has 4 rings (SSSR count). The van der Waals surface area contributed by atoms with Gasteiger partial charge in [-0.25, -0.2) is 0 Å². The smallest absolute Gasteiger partial charge is 0.224 e. The fourth-order valence-electron chi connectivity index (χ4n) is 5.67. The molecule has 1 aliphatic carbocycles. The molecule has 1 saturated carbocycles. The Hall–Kier alpha value is -1.52. The fourth-order valence-corrected chi connectivity index (χ4v) is 5.67. The second-order valence-electron chi connectivity index (χ2n) is 9.20. The Kier molecular flexibility index (Phi) is 6.21. The Morgan fingerprint density at radius 3 is 2.79 bits per heavy atom. The summed E-state index contributed by atoms with van der Waals surface area (Å²) in [5, 5.41) is 3.00. The normalized spacial score (nSPS) is 36.7. The Balaban J connectivity index is 1.34. The van der Waals surface area contributed by atoms with Crippen LogP contribution in [0.5, 0.6) is 0 Å². The Labute approximate surface area is 175 Å². The molecule has 0 spiro atoms. The standard InChI is InChI=1S/C25H35NO3/c1-4-25(22-7-5-6-19-11-10-18(3)28-16-21(19)22)23(29-25)14-15-24(27)26-20-12-8-17(2)9-13-20/h4,8-9,12-13,18-19,21-23H,3,5-7,10-11,14-16H2,1-2H3,(H,26,27). The summed E-state index contributed by atoms with van der Waals surface area (Å²) in [4.78, 5) is 12.4. The molecule has 29 heavy (non-hydrogen) atoms. The van der Waals surface area contributed by atoms with Gasteiger partial charge in [-0.15, -0.1) is 0 Å². The topological polar surface area (TPSA) is 50.9 Å². The maximum Gasteiger partial charge on any atom is 0.224 e. The number of aryl methyl sites for hydroxylation is 1. The zero-order chi connectivity index (χ0) is 20.4. The van der Waals surface area contributed by atoms with E-state index in [4.69, 9.17) is 9.47 Å². The third-order valence-electron chi connectivity index (χ3n) is 7.39. The number of rotatable bonds is 6. The number of nitrogens with one attached hydrogen (secondary N) is 1. The first-order valence-corrected chi connectivity index (χ1v) is 11.3. The molecule has 1 aromatic rings. The zero-order valence-corrected chi connectivity index (χ0v) is 17.9. The SMILES string of the molecule is [CH2+]C1CCC2CCCC(C3([CH-]C)OC3CCC(=O)Nc3ccc(C)cc3)C2CO1. The summed E-state index contributed by atoms with van der Waals surface area (Å²) in [6, 6.07) is 7.94. The first-order valence-electron chi connectivity index (χ1n) is 11.3. The van der Waals surface area contributed by atoms with Crippen LogP contribution in [-0.4, -0.2) is 30.3 Å². The second-order valence-corrected chi connectivity index (χ2v) is 9.20. The van der Waals surface area contributed by atoms with Crippen molar-refractivity contribution in [2.75, 3.05) is 11.9 Å². The van der Waals surface area contributed by atoms with E-state index in [-0.39, 0.29) is 23.7 Å². The lowest BCUT2D eigenvalue weighted by Crippen LogP contribution is -2.41. The van der Waals surface area contributed by atoms with Crippen LogP contribution in [-0.2, 0) is 14.3 Å². The fraction of sp³-hybridized carbons (Fsp3) is 0.640.